The van der Waals surface area contributed by atoms with Gasteiger partial charge >= 0.3 is 0 Å². The van der Waals surface area contributed by atoms with E-state index in [4.69, 9.17) is 9.47 Å². The number of hydrogen-bond acceptors (Lipinski definition) is 4. The number of hydrogen-bond donors (Lipinski definition) is 1. The summed E-state index contributed by atoms with van der Waals surface area (Å²) in [7, 11) is 3.22. The first-order valence-electron chi connectivity index (χ1n) is 10.3. The molecule has 162 valence electrons. The second-order valence-electron chi connectivity index (χ2n) is 7.22. The van der Waals surface area contributed by atoms with E-state index >= 15 is 0 Å². The van der Waals surface area contributed by atoms with Crippen LogP contribution in [-0.4, -0.2) is 43.5 Å². The van der Waals surface area contributed by atoms with Gasteiger partial charge in [0.05, 0.1) is 20.6 Å². The summed E-state index contributed by atoms with van der Waals surface area (Å²) < 4.78 is 10.4. The van der Waals surface area contributed by atoms with Gasteiger partial charge < -0.3 is 19.7 Å². The summed E-state index contributed by atoms with van der Waals surface area (Å²) >= 11 is 0. The highest BCUT2D eigenvalue weighted by atomic mass is 16.5. The van der Waals surface area contributed by atoms with Gasteiger partial charge in [0.2, 0.25) is 11.8 Å². The third-order valence-electron chi connectivity index (χ3n) is 5.02. The van der Waals surface area contributed by atoms with E-state index in [1.807, 2.05) is 48.5 Å². The highest BCUT2D eigenvalue weighted by molar-refractivity contribution is 5.88. The topological polar surface area (TPSA) is 67.9 Å². The molecule has 0 aliphatic rings. The van der Waals surface area contributed by atoms with Crippen molar-refractivity contribution in [3.05, 3.63) is 59.7 Å². The van der Waals surface area contributed by atoms with E-state index in [1.54, 1.807) is 26.0 Å². The maximum Gasteiger partial charge on any atom is 0.242 e. The molecule has 0 aromatic heterocycles. The van der Waals surface area contributed by atoms with E-state index in [0.717, 1.165) is 35.5 Å². The van der Waals surface area contributed by atoms with Crippen molar-refractivity contribution in [3.63, 3.8) is 0 Å². The normalized spacial score (nSPS) is 11.5. The van der Waals surface area contributed by atoms with E-state index in [0.29, 0.717) is 13.1 Å². The van der Waals surface area contributed by atoms with Crippen molar-refractivity contribution in [3.8, 4) is 11.5 Å². The van der Waals surface area contributed by atoms with E-state index in [2.05, 4.69) is 12.2 Å². The fourth-order valence-electron chi connectivity index (χ4n) is 3.07. The maximum atomic E-state index is 13.2. The Labute approximate surface area is 179 Å². The minimum atomic E-state index is -0.574. The average molecular weight is 413 g/mol. The Morgan fingerprint density at radius 3 is 1.97 bits per heavy atom. The van der Waals surface area contributed by atoms with Gasteiger partial charge in [-0.3, -0.25) is 9.59 Å². The highest BCUT2D eigenvalue weighted by Crippen LogP contribution is 2.17. The molecule has 2 rings (SSSR count). The minimum absolute atomic E-state index is 0.103. The molecular weight excluding hydrogens is 380 g/mol. The van der Waals surface area contributed by atoms with Crippen molar-refractivity contribution in [2.75, 3.05) is 20.8 Å². The third kappa shape index (κ3) is 6.79. The molecule has 1 atom stereocenters. The summed E-state index contributed by atoms with van der Waals surface area (Å²) in [4.78, 5) is 27.4. The standard InChI is InChI=1S/C24H32N2O4/c1-5-6-15-25-24(28)18(2)26(17-20-9-13-22(30-4)14-10-20)23(27)16-19-7-11-21(29-3)12-8-19/h7-14,18H,5-6,15-17H2,1-4H3,(H,25,28)/t18-/m0/s1. The molecule has 0 bridgehead atoms. The van der Waals surface area contributed by atoms with Crippen LogP contribution in [0, 0.1) is 0 Å². The number of rotatable bonds is 11. The predicted octanol–water partition coefficient (Wildman–Crippen LogP) is 3.58. The first-order chi connectivity index (χ1) is 14.5. The predicted molar refractivity (Wildman–Crippen MR) is 118 cm³/mol. The van der Waals surface area contributed by atoms with Gasteiger partial charge in [-0.2, -0.15) is 0 Å². The summed E-state index contributed by atoms with van der Waals surface area (Å²) in [6.45, 7) is 4.81. The van der Waals surface area contributed by atoms with Crippen molar-refractivity contribution in [2.24, 2.45) is 0 Å². The first kappa shape index (κ1) is 23.3. The van der Waals surface area contributed by atoms with Gasteiger partial charge in [-0.25, -0.2) is 0 Å². The van der Waals surface area contributed by atoms with Crippen molar-refractivity contribution in [1.29, 1.82) is 0 Å². The molecule has 0 aliphatic carbocycles. The zero-order chi connectivity index (χ0) is 21.9. The summed E-state index contributed by atoms with van der Waals surface area (Å²) in [5.74, 6) is 1.25. The lowest BCUT2D eigenvalue weighted by Gasteiger charge is -2.29. The molecule has 2 amide bonds. The Balaban J connectivity index is 2.16. The van der Waals surface area contributed by atoms with Crippen LogP contribution < -0.4 is 14.8 Å². The lowest BCUT2D eigenvalue weighted by Crippen LogP contribution is -2.48. The number of benzene rings is 2. The van der Waals surface area contributed by atoms with Gasteiger partial charge in [-0.05, 0) is 48.7 Å². The number of unbranched alkanes of at least 4 members (excludes halogenated alkanes) is 1. The fourth-order valence-corrected chi connectivity index (χ4v) is 3.07. The fraction of sp³-hybridized carbons (Fsp3) is 0.417. The number of ether oxygens (including phenoxy) is 2. The molecule has 30 heavy (non-hydrogen) atoms. The van der Waals surface area contributed by atoms with Gasteiger partial charge in [0.1, 0.15) is 17.5 Å². The van der Waals surface area contributed by atoms with Crippen molar-refractivity contribution < 1.29 is 19.1 Å². The van der Waals surface area contributed by atoms with Crippen LogP contribution in [0.5, 0.6) is 11.5 Å². The van der Waals surface area contributed by atoms with Crippen LogP contribution in [0.1, 0.15) is 37.8 Å². The van der Waals surface area contributed by atoms with Crippen LogP contribution in [-0.2, 0) is 22.6 Å². The number of nitrogens with zero attached hydrogens (tertiary/aromatic N) is 1. The molecule has 0 saturated carbocycles. The molecule has 1 N–H and O–H groups in total. The molecule has 0 aliphatic heterocycles. The van der Waals surface area contributed by atoms with Gasteiger partial charge in [0, 0.05) is 13.1 Å². The Morgan fingerprint density at radius 1 is 0.933 bits per heavy atom. The summed E-state index contributed by atoms with van der Waals surface area (Å²) in [5.41, 5.74) is 1.81. The minimum Gasteiger partial charge on any atom is -0.497 e. The molecule has 6 nitrogen and oxygen atoms in total. The van der Waals surface area contributed by atoms with Crippen LogP contribution in [0.15, 0.2) is 48.5 Å². The second kappa shape index (κ2) is 11.9. The lowest BCUT2D eigenvalue weighted by atomic mass is 10.1. The van der Waals surface area contributed by atoms with Crippen LogP contribution in [0.3, 0.4) is 0 Å². The van der Waals surface area contributed by atoms with Crippen molar-refractivity contribution in [1.82, 2.24) is 10.2 Å². The van der Waals surface area contributed by atoms with Crippen LogP contribution in [0.25, 0.3) is 0 Å². The Bertz CT molecular complexity index is 803. The Hall–Kier alpha value is -3.02. The molecule has 0 saturated heterocycles. The summed E-state index contributed by atoms with van der Waals surface area (Å²) in [6, 6.07) is 14.4. The number of methoxy groups -OCH3 is 2. The number of carbonyl (C=O) groups excluding carboxylic acids is 2. The quantitative estimate of drug-likeness (QED) is 0.573. The molecule has 2 aromatic carbocycles. The van der Waals surface area contributed by atoms with Gasteiger partial charge in [-0.15, -0.1) is 0 Å². The number of amides is 2. The van der Waals surface area contributed by atoms with Crippen molar-refractivity contribution >= 4 is 11.8 Å². The van der Waals surface area contributed by atoms with Gasteiger partial charge in [0.25, 0.3) is 0 Å². The molecule has 0 heterocycles. The molecular formula is C24H32N2O4. The molecule has 0 unspecified atom stereocenters. The molecule has 0 radical (unpaired) electrons. The van der Waals surface area contributed by atoms with E-state index in [-0.39, 0.29) is 18.2 Å². The number of carbonyl (C=O) groups is 2. The lowest BCUT2D eigenvalue weighted by molar-refractivity contribution is -0.140. The van der Waals surface area contributed by atoms with E-state index in [1.165, 1.54) is 0 Å². The monoisotopic (exact) mass is 412 g/mol. The highest BCUT2D eigenvalue weighted by Gasteiger charge is 2.26. The maximum absolute atomic E-state index is 13.2. The smallest absolute Gasteiger partial charge is 0.242 e. The molecule has 2 aromatic rings. The Morgan fingerprint density at radius 2 is 1.47 bits per heavy atom. The largest absolute Gasteiger partial charge is 0.497 e. The summed E-state index contributed by atoms with van der Waals surface area (Å²) in [5, 5.41) is 2.93. The summed E-state index contributed by atoms with van der Waals surface area (Å²) in [6.07, 6.45) is 2.13. The zero-order valence-corrected chi connectivity index (χ0v) is 18.3. The second-order valence-corrected chi connectivity index (χ2v) is 7.22. The number of nitrogens with one attached hydrogen (secondary N) is 1. The first-order valence-corrected chi connectivity index (χ1v) is 10.3. The average Bonchev–Trinajstić information content (AvgIpc) is 2.78. The van der Waals surface area contributed by atoms with Gasteiger partial charge in [-0.1, -0.05) is 37.6 Å². The van der Waals surface area contributed by atoms with Crippen LogP contribution in [0.2, 0.25) is 0 Å². The van der Waals surface area contributed by atoms with Crippen LogP contribution in [0.4, 0.5) is 0 Å². The van der Waals surface area contributed by atoms with Gasteiger partial charge in [0.15, 0.2) is 0 Å². The van der Waals surface area contributed by atoms with E-state index < -0.39 is 6.04 Å². The SMILES string of the molecule is CCCCNC(=O)[C@H](C)N(Cc1ccc(OC)cc1)C(=O)Cc1ccc(OC)cc1. The molecule has 0 fully saturated rings. The van der Waals surface area contributed by atoms with Crippen molar-refractivity contribution in [2.45, 2.75) is 45.7 Å². The zero-order valence-electron chi connectivity index (χ0n) is 18.3. The Kier molecular flexibility index (Phi) is 9.19. The molecule has 6 heteroatoms. The van der Waals surface area contributed by atoms with E-state index in [9.17, 15) is 9.59 Å². The third-order valence-corrected chi connectivity index (χ3v) is 5.02. The van der Waals surface area contributed by atoms with Crippen LogP contribution >= 0.6 is 0 Å². The molecule has 0 spiro atoms.